The van der Waals surface area contributed by atoms with Crippen LogP contribution >= 0.6 is 23.2 Å². The molecule has 0 aliphatic heterocycles. The van der Waals surface area contributed by atoms with E-state index >= 15 is 0 Å². The van der Waals surface area contributed by atoms with Gasteiger partial charge in [0.05, 0.1) is 22.3 Å². The predicted molar refractivity (Wildman–Crippen MR) is 83.9 cm³/mol. The van der Waals surface area contributed by atoms with E-state index in [4.69, 9.17) is 28.5 Å². The Labute approximate surface area is 130 Å². The van der Waals surface area contributed by atoms with Gasteiger partial charge in [0, 0.05) is 27.1 Å². The molecule has 3 rings (SSSR count). The molecular formula is C16H8Cl2N2O. The van der Waals surface area contributed by atoms with Crippen molar-refractivity contribution in [3.05, 3.63) is 57.6 Å². The summed E-state index contributed by atoms with van der Waals surface area (Å²) in [7, 11) is 0. The largest absolute Gasteiger partial charge is 0.354 e. The van der Waals surface area contributed by atoms with E-state index in [9.17, 15) is 4.79 Å². The third-order valence-electron chi connectivity index (χ3n) is 3.29. The topological polar surface area (TPSA) is 56.6 Å². The summed E-state index contributed by atoms with van der Waals surface area (Å²) >= 11 is 12.1. The average molecular weight is 315 g/mol. The lowest BCUT2D eigenvalue weighted by Gasteiger charge is -2.03. The Morgan fingerprint density at radius 3 is 2.62 bits per heavy atom. The number of carbonyl (C=O) groups is 1. The number of rotatable bonds is 2. The Balaban J connectivity index is 2.32. The molecule has 0 aliphatic carbocycles. The Bertz CT molecular complexity index is 907. The van der Waals surface area contributed by atoms with Crippen molar-refractivity contribution in [2.75, 3.05) is 0 Å². The third-order valence-corrected chi connectivity index (χ3v) is 3.83. The first-order chi connectivity index (χ1) is 10.1. The van der Waals surface area contributed by atoms with Crippen LogP contribution < -0.4 is 0 Å². The van der Waals surface area contributed by atoms with Gasteiger partial charge in [-0.2, -0.15) is 5.26 Å². The lowest BCUT2D eigenvalue weighted by Crippen LogP contribution is -1.86. The Hall–Kier alpha value is -2.28. The fourth-order valence-electron chi connectivity index (χ4n) is 2.31. The molecule has 1 aromatic heterocycles. The molecule has 5 heteroatoms. The Kier molecular flexibility index (Phi) is 3.42. The van der Waals surface area contributed by atoms with Gasteiger partial charge < -0.3 is 4.98 Å². The minimum Gasteiger partial charge on any atom is -0.354 e. The predicted octanol–water partition coefficient (Wildman–Crippen LogP) is 4.83. The average Bonchev–Trinajstić information content (AvgIpc) is 2.84. The molecule has 1 N–H and O–H groups in total. The standard InChI is InChI=1S/C16H8Cl2N2O/c17-10-2-3-11(14(18)6-10)16-13(8-21)12-5-9(7-19)1-4-15(12)20-16/h1-6,8,20H. The molecule has 0 saturated heterocycles. The Morgan fingerprint density at radius 2 is 1.95 bits per heavy atom. The monoisotopic (exact) mass is 314 g/mol. The van der Waals surface area contributed by atoms with E-state index in [1.807, 2.05) is 0 Å². The van der Waals surface area contributed by atoms with Crippen molar-refractivity contribution in [3.63, 3.8) is 0 Å². The zero-order valence-electron chi connectivity index (χ0n) is 10.7. The third kappa shape index (κ3) is 2.29. The van der Waals surface area contributed by atoms with Crippen LogP contribution in [0.2, 0.25) is 10.0 Å². The van der Waals surface area contributed by atoms with E-state index < -0.39 is 0 Å². The number of carbonyl (C=O) groups excluding carboxylic acids is 1. The van der Waals surface area contributed by atoms with E-state index in [-0.39, 0.29) is 0 Å². The number of aromatic nitrogens is 1. The highest BCUT2D eigenvalue weighted by atomic mass is 35.5. The lowest BCUT2D eigenvalue weighted by molar-refractivity contribution is 0.112. The van der Waals surface area contributed by atoms with Crippen LogP contribution in [0.5, 0.6) is 0 Å². The van der Waals surface area contributed by atoms with Crippen molar-refractivity contribution in [3.8, 4) is 17.3 Å². The van der Waals surface area contributed by atoms with Crippen LogP contribution in [0.4, 0.5) is 0 Å². The molecule has 0 aliphatic rings. The number of aldehydes is 1. The molecule has 0 radical (unpaired) electrons. The zero-order valence-corrected chi connectivity index (χ0v) is 12.2. The molecule has 1 heterocycles. The number of benzene rings is 2. The van der Waals surface area contributed by atoms with Gasteiger partial charge in [-0.1, -0.05) is 23.2 Å². The van der Waals surface area contributed by atoms with Crippen LogP contribution in [0.1, 0.15) is 15.9 Å². The first-order valence-corrected chi connectivity index (χ1v) is 6.86. The molecule has 2 aromatic carbocycles. The molecular weight excluding hydrogens is 307 g/mol. The van der Waals surface area contributed by atoms with E-state index in [0.29, 0.717) is 37.8 Å². The molecule has 0 spiro atoms. The van der Waals surface area contributed by atoms with Gasteiger partial charge in [0.2, 0.25) is 0 Å². The maximum atomic E-state index is 11.5. The van der Waals surface area contributed by atoms with Crippen molar-refractivity contribution in [1.29, 1.82) is 5.26 Å². The molecule has 0 bridgehead atoms. The maximum absolute atomic E-state index is 11.5. The molecule has 102 valence electrons. The van der Waals surface area contributed by atoms with Gasteiger partial charge in [-0.15, -0.1) is 0 Å². The van der Waals surface area contributed by atoms with Gasteiger partial charge in [0.25, 0.3) is 0 Å². The highest BCUT2D eigenvalue weighted by molar-refractivity contribution is 6.36. The number of aromatic amines is 1. The van der Waals surface area contributed by atoms with Crippen molar-refractivity contribution >= 4 is 40.4 Å². The summed E-state index contributed by atoms with van der Waals surface area (Å²) in [5, 5.41) is 10.7. The smallest absolute Gasteiger partial charge is 0.152 e. The van der Waals surface area contributed by atoms with Crippen LogP contribution in [0.3, 0.4) is 0 Å². The molecule has 3 nitrogen and oxygen atoms in total. The summed E-state index contributed by atoms with van der Waals surface area (Å²) in [6.45, 7) is 0. The van der Waals surface area contributed by atoms with Crippen molar-refractivity contribution in [1.82, 2.24) is 4.98 Å². The summed E-state index contributed by atoms with van der Waals surface area (Å²) in [4.78, 5) is 14.7. The minimum atomic E-state index is 0.456. The summed E-state index contributed by atoms with van der Waals surface area (Å²) in [6, 6.07) is 12.3. The normalized spacial score (nSPS) is 10.5. The number of fused-ring (bicyclic) bond motifs is 1. The number of hydrogen-bond acceptors (Lipinski definition) is 2. The molecule has 0 unspecified atom stereocenters. The second kappa shape index (κ2) is 5.25. The number of nitriles is 1. The number of nitrogens with zero attached hydrogens (tertiary/aromatic N) is 1. The van der Waals surface area contributed by atoms with E-state index in [2.05, 4.69) is 11.1 Å². The first-order valence-electron chi connectivity index (χ1n) is 6.10. The second-order valence-electron chi connectivity index (χ2n) is 4.53. The van der Waals surface area contributed by atoms with Crippen molar-refractivity contribution in [2.24, 2.45) is 0 Å². The maximum Gasteiger partial charge on any atom is 0.152 e. The van der Waals surface area contributed by atoms with Gasteiger partial charge in [-0.3, -0.25) is 4.79 Å². The van der Waals surface area contributed by atoms with Crippen LogP contribution in [-0.4, -0.2) is 11.3 Å². The van der Waals surface area contributed by atoms with E-state index in [1.54, 1.807) is 36.4 Å². The summed E-state index contributed by atoms with van der Waals surface area (Å²) in [5.41, 5.74) is 3.07. The highest BCUT2D eigenvalue weighted by Gasteiger charge is 2.15. The quantitative estimate of drug-likeness (QED) is 0.689. The summed E-state index contributed by atoms with van der Waals surface area (Å²) in [5.74, 6) is 0. The Morgan fingerprint density at radius 1 is 1.14 bits per heavy atom. The van der Waals surface area contributed by atoms with Crippen molar-refractivity contribution < 1.29 is 4.79 Å². The molecule has 0 saturated carbocycles. The SMILES string of the molecule is N#Cc1ccc2[nH]c(-c3ccc(Cl)cc3Cl)c(C=O)c2c1. The van der Waals surface area contributed by atoms with Crippen LogP contribution in [0.15, 0.2) is 36.4 Å². The van der Waals surface area contributed by atoms with Gasteiger partial charge >= 0.3 is 0 Å². The van der Waals surface area contributed by atoms with Gasteiger partial charge in [-0.25, -0.2) is 0 Å². The van der Waals surface area contributed by atoms with Gasteiger partial charge in [0.15, 0.2) is 6.29 Å². The molecule has 3 aromatic rings. The van der Waals surface area contributed by atoms with Gasteiger partial charge in [-0.05, 0) is 36.4 Å². The van der Waals surface area contributed by atoms with Gasteiger partial charge in [0.1, 0.15) is 0 Å². The fourth-order valence-corrected chi connectivity index (χ4v) is 2.81. The molecule has 0 amide bonds. The number of hydrogen-bond donors (Lipinski definition) is 1. The summed E-state index contributed by atoms with van der Waals surface area (Å²) in [6.07, 6.45) is 0.764. The fraction of sp³-hybridized carbons (Fsp3) is 0. The van der Waals surface area contributed by atoms with E-state index in [0.717, 1.165) is 11.8 Å². The number of nitrogens with one attached hydrogen (secondary N) is 1. The van der Waals surface area contributed by atoms with Crippen LogP contribution in [0.25, 0.3) is 22.2 Å². The lowest BCUT2D eigenvalue weighted by atomic mass is 10.0. The van der Waals surface area contributed by atoms with Crippen LogP contribution in [0, 0.1) is 11.3 Å². The first kappa shape index (κ1) is 13.7. The van der Waals surface area contributed by atoms with Crippen LogP contribution in [-0.2, 0) is 0 Å². The summed E-state index contributed by atoms with van der Waals surface area (Å²) < 4.78 is 0. The van der Waals surface area contributed by atoms with E-state index in [1.165, 1.54) is 0 Å². The molecule has 0 atom stereocenters. The highest BCUT2D eigenvalue weighted by Crippen LogP contribution is 2.35. The molecule has 0 fully saturated rings. The minimum absolute atomic E-state index is 0.456. The second-order valence-corrected chi connectivity index (χ2v) is 5.37. The molecule has 21 heavy (non-hydrogen) atoms. The van der Waals surface area contributed by atoms with Crippen molar-refractivity contribution in [2.45, 2.75) is 0 Å². The number of halogens is 2. The number of H-pyrrole nitrogens is 1. The zero-order chi connectivity index (χ0) is 15.0.